The smallest absolute Gasteiger partial charge is 0.313 e. The summed E-state index contributed by atoms with van der Waals surface area (Å²) in [5.41, 5.74) is 3.09. The number of carbonyl (C=O) groups is 1. The maximum atomic E-state index is 14.4. The quantitative estimate of drug-likeness (QED) is 0.399. The number of benzene rings is 1. The predicted molar refractivity (Wildman–Crippen MR) is 171 cm³/mol. The number of aliphatic imine (C=N–C) groups is 2. The molecule has 0 bridgehead atoms. The molecule has 1 aromatic carbocycles. The van der Waals surface area contributed by atoms with E-state index >= 15 is 0 Å². The number of hydrogen-bond acceptors (Lipinski definition) is 7. The van der Waals surface area contributed by atoms with Gasteiger partial charge < -0.3 is 14.5 Å². The molecule has 4 aliphatic rings. The maximum absolute atomic E-state index is 14.4. The first kappa shape index (κ1) is 34.4. The van der Waals surface area contributed by atoms with E-state index in [1.54, 1.807) is 12.1 Å². The molecule has 1 aromatic rings. The van der Waals surface area contributed by atoms with Gasteiger partial charge in [0.05, 0.1) is 12.7 Å². The Hall–Kier alpha value is -3.09. The minimum absolute atomic E-state index is 0.0269. The molecule has 2 saturated heterocycles. The average molecular weight is 594 g/mol. The number of likely N-dealkylation sites (tertiary alicyclic amines) is 1. The van der Waals surface area contributed by atoms with Crippen LogP contribution in [-0.4, -0.2) is 85.3 Å². The fraction of sp³-hybridized carbons (Fsp3) is 0.618. The zero-order chi connectivity index (χ0) is 31.2. The van der Waals surface area contributed by atoms with E-state index in [1.165, 1.54) is 32.0 Å². The van der Waals surface area contributed by atoms with Crippen LogP contribution in [-0.2, 0) is 22.4 Å². The highest BCUT2D eigenvalue weighted by molar-refractivity contribution is 6.00. The van der Waals surface area contributed by atoms with Gasteiger partial charge in [0.1, 0.15) is 5.82 Å². The summed E-state index contributed by atoms with van der Waals surface area (Å²) in [6.07, 6.45) is 10.2. The Bertz CT molecular complexity index is 1150. The molecule has 0 saturated carbocycles. The molecule has 1 aliphatic carbocycles. The summed E-state index contributed by atoms with van der Waals surface area (Å²) in [6.45, 7) is 15.4. The summed E-state index contributed by atoms with van der Waals surface area (Å²) in [5.74, 6) is 0.343. The van der Waals surface area contributed by atoms with E-state index < -0.39 is 0 Å². The molecule has 0 spiro atoms. The van der Waals surface area contributed by atoms with Gasteiger partial charge in [-0.15, -0.1) is 0 Å². The standard InChI is InChI=1S/C26H34FN4O2.C5H11N.C3H5N/c1-4-20-23(17-18-10-11-19-8-7-9-22(27)21(19)16-18)28-26(33-6-3)29-25(20)31-14-12-30(13-15-31)24(32)5-2;1-6-4-2-3-5-6;1-2-3-4/h5,7-9,18,20H,2,4,6,10-17H2,1,3H3;2-5H2,1H3;2H2,1H3/t18-,20?;;/m0../s1. The molecule has 2 atom stereocenters. The molecule has 235 valence electrons. The number of hydrogen-bond donors (Lipinski definition) is 0. The van der Waals surface area contributed by atoms with E-state index in [1.807, 2.05) is 30.9 Å². The van der Waals surface area contributed by atoms with Crippen molar-refractivity contribution >= 4 is 17.6 Å². The predicted octanol–water partition coefficient (Wildman–Crippen LogP) is 5.65. The summed E-state index contributed by atoms with van der Waals surface area (Å²) >= 11 is 0. The van der Waals surface area contributed by atoms with E-state index in [4.69, 9.17) is 20.0 Å². The van der Waals surface area contributed by atoms with Crippen LogP contribution in [0.1, 0.15) is 70.4 Å². The maximum Gasteiger partial charge on any atom is 0.313 e. The topological polar surface area (TPSA) is 84.5 Å². The van der Waals surface area contributed by atoms with Crippen LogP contribution in [0.5, 0.6) is 0 Å². The number of carbonyl (C=O) groups excluding carboxylic acids is 1. The fourth-order valence-electron chi connectivity index (χ4n) is 6.09. The molecule has 43 heavy (non-hydrogen) atoms. The van der Waals surface area contributed by atoms with E-state index in [-0.39, 0.29) is 17.6 Å². The minimum Gasteiger partial charge on any atom is -0.464 e. The molecule has 3 heterocycles. The van der Waals surface area contributed by atoms with Gasteiger partial charge in [-0.25, -0.2) is 14.4 Å². The number of amides is 1. The number of aryl methyl sites for hydroxylation is 1. The van der Waals surface area contributed by atoms with Gasteiger partial charge in [0.15, 0.2) is 6.17 Å². The molecule has 1 radical (unpaired) electrons. The van der Waals surface area contributed by atoms with Crippen LogP contribution in [0.25, 0.3) is 0 Å². The number of fused-ring (bicyclic) bond motifs is 1. The summed E-state index contributed by atoms with van der Waals surface area (Å²) in [5, 5.41) is 7.62. The first-order chi connectivity index (χ1) is 20.8. The Morgan fingerprint density at radius 2 is 1.84 bits per heavy atom. The van der Waals surface area contributed by atoms with Crippen molar-refractivity contribution in [1.29, 1.82) is 5.26 Å². The van der Waals surface area contributed by atoms with E-state index in [9.17, 15) is 9.18 Å². The van der Waals surface area contributed by atoms with E-state index in [0.29, 0.717) is 38.1 Å². The van der Waals surface area contributed by atoms with Crippen molar-refractivity contribution in [2.75, 3.05) is 52.9 Å². The Morgan fingerprint density at radius 1 is 1.14 bits per heavy atom. The fourth-order valence-corrected chi connectivity index (χ4v) is 6.09. The number of ether oxygens (including phenoxy) is 1. The number of halogens is 1. The minimum atomic E-state index is -0.0920. The van der Waals surface area contributed by atoms with Gasteiger partial charge in [0.25, 0.3) is 0 Å². The van der Waals surface area contributed by atoms with E-state index in [2.05, 4.69) is 30.4 Å². The van der Waals surface area contributed by atoms with Crippen LogP contribution >= 0.6 is 0 Å². The molecule has 5 rings (SSSR count). The summed E-state index contributed by atoms with van der Waals surface area (Å²) in [6, 6.07) is 7.77. The van der Waals surface area contributed by atoms with Gasteiger partial charge in [0, 0.05) is 44.2 Å². The molecule has 1 unspecified atom stereocenters. The second-order valence-electron chi connectivity index (χ2n) is 11.5. The van der Waals surface area contributed by atoms with Crippen LogP contribution in [0.4, 0.5) is 4.39 Å². The summed E-state index contributed by atoms with van der Waals surface area (Å²) in [4.78, 5) is 28.1. The lowest BCUT2D eigenvalue weighted by molar-refractivity contribution is -0.127. The first-order valence-electron chi connectivity index (χ1n) is 16.0. The van der Waals surface area contributed by atoms with Crippen molar-refractivity contribution in [3.8, 4) is 6.07 Å². The largest absolute Gasteiger partial charge is 0.464 e. The second-order valence-corrected chi connectivity index (χ2v) is 11.5. The molecule has 0 N–H and O–H groups in total. The first-order valence-corrected chi connectivity index (χ1v) is 16.0. The number of piperazine rings is 1. The van der Waals surface area contributed by atoms with Crippen LogP contribution in [0.2, 0.25) is 0 Å². The number of amidine groups is 1. The Morgan fingerprint density at radius 3 is 2.40 bits per heavy atom. The molecular formula is C34H50FN6O2. The van der Waals surface area contributed by atoms with Crippen molar-refractivity contribution < 1.29 is 13.9 Å². The van der Waals surface area contributed by atoms with Gasteiger partial charge >= 0.3 is 6.02 Å². The third-order valence-corrected chi connectivity index (χ3v) is 8.45. The SMILES string of the molecule is C=CC(=O)N1CCN([C]2N=C(OCC)N=C(C[C@H]3CCc4cccc(F)c4C3)C2CC)CC1.CCC#N.CN1CCCC1. The van der Waals surface area contributed by atoms with E-state index in [0.717, 1.165) is 68.2 Å². The molecule has 9 heteroatoms. The van der Waals surface area contributed by atoms with Crippen molar-refractivity contribution in [3.63, 3.8) is 0 Å². The van der Waals surface area contributed by atoms with Crippen LogP contribution in [0, 0.1) is 35.1 Å². The molecule has 2 fully saturated rings. The van der Waals surface area contributed by atoms with Crippen molar-refractivity contribution in [2.24, 2.45) is 21.8 Å². The van der Waals surface area contributed by atoms with Gasteiger partial charge in [-0.2, -0.15) is 5.26 Å². The lowest BCUT2D eigenvalue weighted by atomic mass is 9.78. The third-order valence-electron chi connectivity index (χ3n) is 8.45. The lowest BCUT2D eigenvalue weighted by Crippen LogP contribution is -2.51. The average Bonchev–Trinajstić information content (AvgIpc) is 3.52. The van der Waals surface area contributed by atoms with Crippen molar-refractivity contribution in [2.45, 2.75) is 72.1 Å². The highest BCUT2D eigenvalue weighted by Crippen LogP contribution is 2.36. The molecule has 3 aliphatic heterocycles. The van der Waals surface area contributed by atoms with Crippen LogP contribution < -0.4 is 0 Å². The zero-order valence-corrected chi connectivity index (χ0v) is 26.7. The normalized spacial score (nSPS) is 22.5. The number of nitriles is 1. The van der Waals surface area contributed by atoms with Gasteiger partial charge in [0.2, 0.25) is 5.91 Å². The van der Waals surface area contributed by atoms with Crippen LogP contribution in [0.3, 0.4) is 0 Å². The monoisotopic (exact) mass is 593 g/mol. The molecule has 1 amide bonds. The third kappa shape index (κ3) is 9.97. The van der Waals surface area contributed by atoms with Gasteiger partial charge in [-0.3, -0.25) is 9.69 Å². The highest BCUT2D eigenvalue weighted by Gasteiger charge is 2.38. The summed E-state index contributed by atoms with van der Waals surface area (Å²) < 4.78 is 20.2. The number of nitrogens with zero attached hydrogens (tertiary/aromatic N) is 6. The number of rotatable bonds is 6. The van der Waals surface area contributed by atoms with Crippen molar-refractivity contribution in [1.82, 2.24) is 14.7 Å². The second kappa shape index (κ2) is 17.9. The zero-order valence-electron chi connectivity index (χ0n) is 26.7. The van der Waals surface area contributed by atoms with Crippen LogP contribution in [0.15, 0.2) is 40.8 Å². The lowest BCUT2D eigenvalue weighted by Gasteiger charge is -2.41. The molecular weight excluding hydrogens is 543 g/mol. The Balaban J connectivity index is 0.000000432. The summed E-state index contributed by atoms with van der Waals surface area (Å²) in [7, 11) is 2.17. The van der Waals surface area contributed by atoms with Crippen molar-refractivity contribution in [3.05, 3.63) is 54.0 Å². The van der Waals surface area contributed by atoms with Gasteiger partial charge in [-0.05, 0) is 101 Å². The van der Waals surface area contributed by atoms with Gasteiger partial charge in [-0.1, -0.05) is 32.6 Å². The Kier molecular flexibility index (Phi) is 14.3. The molecule has 0 aromatic heterocycles. The highest BCUT2D eigenvalue weighted by atomic mass is 19.1. The molecule has 8 nitrogen and oxygen atoms in total. The Labute approximate surface area is 258 Å².